The molecular weight excluding hydrogens is 288 g/mol. The van der Waals surface area contributed by atoms with Gasteiger partial charge < -0.3 is 15.3 Å². The third-order valence-corrected chi connectivity index (χ3v) is 4.40. The summed E-state index contributed by atoms with van der Waals surface area (Å²) in [4.78, 5) is 11.9. The van der Waals surface area contributed by atoms with Crippen LogP contribution in [0.15, 0.2) is 58.1 Å². The Morgan fingerprint density at radius 3 is 2.83 bits per heavy atom. The third-order valence-electron chi connectivity index (χ3n) is 4.40. The van der Waals surface area contributed by atoms with Gasteiger partial charge in [0.25, 0.3) is 0 Å². The number of nitrogens with zero attached hydrogens (tertiary/aromatic N) is 3. The van der Waals surface area contributed by atoms with Crippen molar-refractivity contribution in [2.24, 2.45) is 9.98 Å². The molecular formula is C18H20N4O. The SMILES string of the molecule is Oc1ccccc1C1=NC2C=CCC=C2C(N2CCNCC2)=N1. The smallest absolute Gasteiger partial charge is 0.161 e. The second-order valence-corrected chi connectivity index (χ2v) is 5.91. The second kappa shape index (κ2) is 6.01. The van der Waals surface area contributed by atoms with E-state index in [0.717, 1.165) is 38.4 Å². The molecule has 1 unspecified atom stereocenters. The van der Waals surface area contributed by atoms with Crippen LogP contribution in [0, 0.1) is 0 Å². The lowest BCUT2D eigenvalue weighted by atomic mass is 9.97. The van der Waals surface area contributed by atoms with Gasteiger partial charge in [0.2, 0.25) is 0 Å². The minimum absolute atomic E-state index is 0.000687. The van der Waals surface area contributed by atoms with Gasteiger partial charge in [-0.05, 0) is 18.6 Å². The number of nitrogens with one attached hydrogen (secondary N) is 1. The number of fused-ring (bicyclic) bond motifs is 1. The van der Waals surface area contributed by atoms with Crippen LogP contribution >= 0.6 is 0 Å². The molecule has 1 aromatic carbocycles. The van der Waals surface area contributed by atoms with E-state index in [1.165, 1.54) is 5.57 Å². The van der Waals surface area contributed by atoms with Gasteiger partial charge in [-0.25, -0.2) is 4.99 Å². The van der Waals surface area contributed by atoms with Crippen LogP contribution in [-0.4, -0.2) is 53.9 Å². The molecule has 5 heteroatoms. The highest BCUT2D eigenvalue weighted by atomic mass is 16.3. The molecule has 0 spiro atoms. The van der Waals surface area contributed by atoms with Gasteiger partial charge in [0.15, 0.2) is 5.84 Å². The van der Waals surface area contributed by atoms with Gasteiger partial charge in [0, 0.05) is 31.8 Å². The summed E-state index contributed by atoms with van der Waals surface area (Å²) in [6.07, 6.45) is 7.42. The topological polar surface area (TPSA) is 60.2 Å². The second-order valence-electron chi connectivity index (χ2n) is 5.91. The number of para-hydroxylation sites is 1. The Hall–Kier alpha value is -2.40. The number of aromatic hydroxyl groups is 1. The molecule has 1 saturated heterocycles. The predicted molar refractivity (Wildman–Crippen MR) is 92.1 cm³/mol. The summed E-state index contributed by atoms with van der Waals surface area (Å²) < 4.78 is 0. The highest BCUT2D eigenvalue weighted by Crippen LogP contribution is 2.27. The number of piperazine rings is 1. The summed E-state index contributed by atoms with van der Waals surface area (Å²) in [5.41, 5.74) is 1.88. The van der Waals surface area contributed by atoms with Crippen LogP contribution in [0.5, 0.6) is 5.75 Å². The fraction of sp³-hybridized carbons (Fsp3) is 0.333. The number of hydrogen-bond donors (Lipinski definition) is 2. The first-order valence-electron chi connectivity index (χ1n) is 8.10. The highest BCUT2D eigenvalue weighted by Gasteiger charge is 2.29. The Kier molecular flexibility index (Phi) is 3.71. The molecule has 0 saturated carbocycles. The van der Waals surface area contributed by atoms with Gasteiger partial charge in [-0.1, -0.05) is 30.4 Å². The number of phenolic OH excluding ortho intramolecular Hbond substituents is 1. The van der Waals surface area contributed by atoms with Crippen molar-refractivity contribution in [3.05, 3.63) is 53.6 Å². The van der Waals surface area contributed by atoms with Crippen LogP contribution in [0.25, 0.3) is 0 Å². The molecule has 0 amide bonds. The average molecular weight is 308 g/mol. The largest absolute Gasteiger partial charge is 0.507 e. The Morgan fingerprint density at radius 1 is 1.17 bits per heavy atom. The summed E-state index contributed by atoms with van der Waals surface area (Å²) in [6.45, 7) is 3.83. The minimum atomic E-state index is 0.000687. The van der Waals surface area contributed by atoms with E-state index >= 15 is 0 Å². The molecule has 5 nitrogen and oxygen atoms in total. The Morgan fingerprint density at radius 2 is 2.00 bits per heavy atom. The van der Waals surface area contributed by atoms with Gasteiger partial charge >= 0.3 is 0 Å². The summed E-state index contributed by atoms with van der Waals surface area (Å²) in [5, 5.41) is 13.5. The van der Waals surface area contributed by atoms with Crippen molar-refractivity contribution in [1.29, 1.82) is 0 Å². The number of phenols is 1. The number of benzene rings is 1. The van der Waals surface area contributed by atoms with Crippen LogP contribution < -0.4 is 5.32 Å². The fourth-order valence-electron chi connectivity index (χ4n) is 3.21. The highest BCUT2D eigenvalue weighted by molar-refractivity contribution is 6.15. The molecule has 4 rings (SSSR count). The Labute approximate surface area is 135 Å². The number of rotatable bonds is 1. The quantitative estimate of drug-likeness (QED) is 0.777. The average Bonchev–Trinajstić information content (AvgIpc) is 2.62. The molecule has 1 fully saturated rings. The monoisotopic (exact) mass is 308 g/mol. The zero-order chi connectivity index (χ0) is 15.6. The van der Waals surface area contributed by atoms with E-state index in [9.17, 15) is 5.11 Å². The van der Waals surface area contributed by atoms with E-state index in [0.29, 0.717) is 11.4 Å². The zero-order valence-corrected chi connectivity index (χ0v) is 12.9. The van der Waals surface area contributed by atoms with Crippen molar-refractivity contribution < 1.29 is 5.11 Å². The maximum absolute atomic E-state index is 10.1. The number of amidine groups is 2. The van der Waals surface area contributed by atoms with E-state index in [1.54, 1.807) is 6.07 Å². The first-order valence-corrected chi connectivity index (χ1v) is 8.10. The first kappa shape index (κ1) is 14.2. The van der Waals surface area contributed by atoms with Crippen molar-refractivity contribution >= 4 is 11.7 Å². The molecule has 1 atom stereocenters. The van der Waals surface area contributed by atoms with E-state index in [2.05, 4.69) is 28.4 Å². The normalized spacial score (nSPS) is 23.7. The molecule has 0 radical (unpaired) electrons. The standard InChI is InChI=1S/C18H20N4O/c23-16-8-4-2-6-14(16)17-20-15-7-3-1-5-13(15)18(21-17)22-11-9-19-10-12-22/h2-8,15,19,23H,1,9-12H2. The summed E-state index contributed by atoms with van der Waals surface area (Å²) in [6, 6.07) is 7.27. The molecule has 0 bridgehead atoms. The third kappa shape index (κ3) is 2.68. The molecule has 2 heterocycles. The van der Waals surface area contributed by atoms with Crippen molar-refractivity contribution in [2.45, 2.75) is 12.5 Å². The summed E-state index contributed by atoms with van der Waals surface area (Å²) in [7, 11) is 0. The molecule has 1 aliphatic carbocycles. The lowest BCUT2D eigenvalue weighted by Gasteiger charge is -2.35. The van der Waals surface area contributed by atoms with Crippen LogP contribution in [0.1, 0.15) is 12.0 Å². The van der Waals surface area contributed by atoms with E-state index in [-0.39, 0.29) is 11.8 Å². The van der Waals surface area contributed by atoms with Crippen molar-refractivity contribution in [3.63, 3.8) is 0 Å². The molecule has 2 N–H and O–H groups in total. The van der Waals surface area contributed by atoms with Crippen molar-refractivity contribution in [2.75, 3.05) is 26.2 Å². The van der Waals surface area contributed by atoms with Gasteiger partial charge in [0.1, 0.15) is 11.6 Å². The maximum atomic E-state index is 10.1. The van der Waals surface area contributed by atoms with Gasteiger partial charge in [-0.15, -0.1) is 0 Å². The Bertz CT molecular complexity index is 726. The van der Waals surface area contributed by atoms with E-state index in [4.69, 9.17) is 9.98 Å². The molecule has 3 aliphatic rings. The summed E-state index contributed by atoms with van der Waals surface area (Å²) in [5.74, 6) is 1.85. The molecule has 0 aromatic heterocycles. The van der Waals surface area contributed by atoms with Gasteiger partial charge in [0.05, 0.1) is 11.6 Å². The lowest BCUT2D eigenvalue weighted by Crippen LogP contribution is -2.49. The van der Waals surface area contributed by atoms with Crippen LogP contribution in [-0.2, 0) is 0 Å². The Balaban J connectivity index is 1.77. The maximum Gasteiger partial charge on any atom is 0.161 e. The van der Waals surface area contributed by atoms with Crippen molar-refractivity contribution in [3.8, 4) is 5.75 Å². The predicted octanol–water partition coefficient (Wildman–Crippen LogP) is 1.71. The van der Waals surface area contributed by atoms with Crippen LogP contribution in [0.3, 0.4) is 0 Å². The zero-order valence-electron chi connectivity index (χ0n) is 12.9. The van der Waals surface area contributed by atoms with E-state index < -0.39 is 0 Å². The van der Waals surface area contributed by atoms with Gasteiger partial charge in [-0.3, -0.25) is 4.99 Å². The fourth-order valence-corrected chi connectivity index (χ4v) is 3.21. The van der Waals surface area contributed by atoms with Crippen molar-refractivity contribution in [1.82, 2.24) is 10.2 Å². The number of allylic oxidation sites excluding steroid dienone is 2. The molecule has 118 valence electrons. The molecule has 1 aromatic rings. The minimum Gasteiger partial charge on any atom is -0.507 e. The summed E-state index contributed by atoms with van der Waals surface area (Å²) >= 11 is 0. The lowest BCUT2D eigenvalue weighted by molar-refractivity contribution is 0.356. The van der Waals surface area contributed by atoms with E-state index in [1.807, 2.05) is 18.2 Å². The molecule has 23 heavy (non-hydrogen) atoms. The van der Waals surface area contributed by atoms with Crippen LogP contribution in [0.2, 0.25) is 0 Å². The number of hydrogen-bond acceptors (Lipinski definition) is 5. The van der Waals surface area contributed by atoms with Crippen LogP contribution in [0.4, 0.5) is 0 Å². The number of aliphatic imine (C=N–C) groups is 2. The first-order chi connectivity index (χ1) is 11.3. The molecule has 2 aliphatic heterocycles. The van der Waals surface area contributed by atoms with Gasteiger partial charge in [-0.2, -0.15) is 0 Å².